The zero-order chi connectivity index (χ0) is 26.4. The van der Waals surface area contributed by atoms with E-state index in [2.05, 4.69) is 56.1 Å². The highest BCUT2D eigenvalue weighted by atomic mass is 19.1. The molecule has 0 atom stereocenters. The van der Waals surface area contributed by atoms with Gasteiger partial charge in [0.25, 0.3) is 0 Å². The first-order valence-corrected chi connectivity index (χ1v) is 13.4. The summed E-state index contributed by atoms with van der Waals surface area (Å²) in [6.07, 6.45) is 3.94. The van der Waals surface area contributed by atoms with Crippen molar-refractivity contribution in [2.45, 2.75) is 45.1 Å². The summed E-state index contributed by atoms with van der Waals surface area (Å²) in [5.41, 5.74) is 4.48. The largest absolute Gasteiger partial charge is 0.486 e. The molecule has 4 heterocycles. The lowest BCUT2D eigenvalue weighted by molar-refractivity contribution is 0.255. The van der Waals surface area contributed by atoms with Gasteiger partial charge >= 0.3 is 0 Å². The topological polar surface area (TPSA) is 57.3 Å². The average molecular weight is 518 g/mol. The number of likely N-dealkylation sites (tertiary alicyclic amines) is 1. The summed E-state index contributed by atoms with van der Waals surface area (Å²) in [6, 6.07) is 12.0. The molecule has 0 aliphatic carbocycles. The maximum atomic E-state index is 15.0. The molecule has 2 aromatic heterocycles. The van der Waals surface area contributed by atoms with Crippen molar-refractivity contribution in [3.63, 3.8) is 0 Å². The van der Waals surface area contributed by atoms with E-state index >= 15 is 4.39 Å². The minimum Gasteiger partial charge on any atom is -0.486 e. The zero-order valence-electron chi connectivity index (χ0n) is 22.1. The van der Waals surface area contributed by atoms with Crippen molar-refractivity contribution >= 4 is 16.6 Å². The van der Waals surface area contributed by atoms with Crippen LogP contribution in [0.25, 0.3) is 22.2 Å². The molecule has 8 heteroatoms. The molecule has 0 bridgehead atoms. The summed E-state index contributed by atoms with van der Waals surface area (Å²) in [6.45, 7) is 7.40. The van der Waals surface area contributed by atoms with Crippen LogP contribution in [-0.4, -0.2) is 59.2 Å². The highest BCUT2D eigenvalue weighted by molar-refractivity contribution is 5.81. The summed E-state index contributed by atoms with van der Waals surface area (Å²) < 4.78 is 35.5. The molecule has 6 rings (SSSR count). The molecule has 0 unspecified atom stereocenters. The van der Waals surface area contributed by atoms with Gasteiger partial charge < -0.3 is 19.5 Å². The van der Waals surface area contributed by atoms with Crippen LogP contribution in [-0.2, 0) is 6.42 Å². The van der Waals surface area contributed by atoms with E-state index in [1.54, 1.807) is 6.07 Å². The minimum absolute atomic E-state index is 0.0895. The molecule has 0 spiro atoms. The molecule has 198 valence electrons. The van der Waals surface area contributed by atoms with Crippen LogP contribution in [0.15, 0.2) is 42.6 Å². The van der Waals surface area contributed by atoms with E-state index in [4.69, 9.17) is 4.74 Å². The molecule has 2 aliphatic heterocycles. The van der Waals surface area contributed by atoms with E-state index in [0.29, 0.717) is 42.6 Å². The summed E-state index contributed by atoms with van der Waals surface area (Å²) in [5.74, 6) is 0.171. The van der Waals surface area contributed by atoms with Crippen molar-refractivity contribution in [1.82, 2.24) is 19.9 Å². The van der Waals surface area contributed by atoms with Gasteiger partial charge in [0.05, 0.1) is 18.4 Å². The van der Waals surface area contributed by atoms with Gasteiger partial charge in [-0.1, -0.05) is 6.07 Å². The minimum atomic E-state index is -0.583. The first kappa shape index (κ1) is 24.8. The molecule has 6 nitrogen and oxygen atoms in total. The highest BCUT2D eigenvalue weighted by Gasteiger charge is 2.26. The predicted octanol–water partition coefficient (Wildman–Crippen LogP) is 5.91. The Hall–Kier alpha value is -3.52. The van der Waals surface area contributed by atoms with Gasteiger partial charge in [0.15, 0.2) is 17.4 Å². The Kier molecular flexibility index (Phi) is 6.51. The van der Waals surface area contributed by atoms with Crippen molar-refractivity contribution in [3.8, 4) is 17.0 Å². The fraction of sp³-hybridized carbons (Fsp3) is 0.400. The number of aromatic amines is 1. The van der Waals surface area contributed by atoms with Crippen LogP contribution in [0.2, 0.25) is 0 Å². The van der Waals surface area contributed by atoms with Crippen molar-refractivity contribution < 1.29 is 13.5 Å². The number of H-pyrrole nitrogens is 1. The van der Waals surface area contributed by atoms with E-state index in [1.165, 1.54) is 30.7 Å². The zero-order valence-corrected chi connectivity index (χ0v) is 22.1. The Morgan fingerprint density at radius 1 is 1.05 bits per heavy atom. The van der Waals surface area contributed by atoms with E-state index < -0.39 is 11.6 Å². The summed E-state index contributed by atoms with van der Waals surface area (Å²) in [5, 5.41) is 1.16. The molecule has 1 saturated heterocycles. The van der Waals surface area contributed by atoms with Crippen LogP contribution in [0.4, 0.5) is 14.5 Å². The third-order valence-corrected chi connectivity index (χ3v) is 7.84. The molecule has 0 saturated carbocycles. The number of anilines is 1. The van der Waals surface area contributed by atoms with Crippen LogP contribution >= 0.6 is 0 Å². The lowest BCUT2D eigenvalue weighted by Gasteiger charge is -2.34. The summed E-state index contributed by atoms with van der Waals surface area (Å²) in [4.78, 5) is 16.7. The number of piperidine rings is 1. The fourth-order valence-corrected chi connectivity index (χ4v) is 5.74. The predicted molar refractivity (Wildman–Crippen MR) is 146 cm³/mol. The Labute approximate surface area is 221 Å². The number of nitrogens with one attached hydrogen (secondary N) is 1. The van der Waals surface area contributed by atoms with E-state index in [1.807, 2.05) is 13.8 Å². The van der Waals surface area contributed by atoms with Gasteiger partial charge in [-0.3, -0.25) is 0 Å². The molecule has 0 amide bonds. The Morgan fingerprint density at radius 3 is 2.66 bits per heavy atom. The van der Waals surface area contributed by atoms with Crippen LogP contribution in [0, 0.1) is 11.6 Å². The first-order chi connectivity index (χ1) is 18.4. The van der Waals surface area contributed by atoms with Gasteiger partial charge in [-0.05, 0) is 94.0 Å². The molecule has 2 aliphatic rings. The Morgan fingerprint density at radius 2 is 1.87 bits per heavy atom. The number of halogens is 2. The second-order valence-electron chi connectivity index (χ2n) is 10.8. The van der Waals surface area contributed by atoms with Gasteiger partial charge in [0.1, 0.15) is 18.1 Å². The van der Waals surface area contributed by atoms with Crippen molar-refractivity contribution in [3.05, 3.63) is 71.3 Å². The maximum absolute atomic E-state index is 15.0. The Balaban J connectivity index is 1.28. The molecule has 2 aromatic carbocycles. The monoisotopic (exact) mass is 517 g/mol. The van der Waals surface area contributed by atoms with Crippen LogP contribution < -0.4 is 9.64 Å². The Bertz CT molecular complexity index is 1480. The summed E-state index contributed by atoms with van der Waals surface area (Å²) in [7, 11) is 2.18. The fourth-order valence-electron chi connectivity index (χ4n) is 5.74. The first-order valence-electron chi connectivity index (χ1n) is 13.4. The number of fused-ring (bicyclic) bond motifs is 2. The third kappa shape index (κ3) is 4.73. The number of benzene rings is 2. The SMILES string of the molecule is CC(C)N1CCOc2c(F)cc(-c3nc(Cc4cc5cc(C6CCN(C)CC6)ccc5[nH]4)ncc3F)cc21. The lowest BCUT2D eigenvalue weighted by atomic mass is 9.89. The van der Waals surface area contributed by atoms with Crippen molar-refractivity contribution in [1.29, 1.82) is 0 Å². The summed E-state index contributed by atoms with van der Waals surface area (Å²) >= 11 is 0. The number of aromatic nitrogens is 3. The van der Waals surface area contributed by atoms with E-state index in [9.17, 15) is 4.39 Å². The number of ether oxygens (including phenoxy) is 1. The highest BCUT2D eigenvalue weighted by Crippen LogP contribution is 2.39. The molecule has 0 radical (unpaired) electrons. The standard InChI is InChI=1S/C30H33F2N5O/c1-18(2)37-10-11-38-30-24(31)14-22(15-27(30)37)29-25(32)17-33-28(35-29)16-23-13-21-12-20(4-5-26(21)34-23)19-6-8-36(3)9-7-19/h4-5,12-15,17-19,34H,6-11,16H2,1-3H3. The van der Waals surface area contributed by atoms with Gasteiger partial charge in [0.2, 0.25) is 0 Å². The van der Waals surface area contributed by atoms with Gasteiger partial charge in [-0.2, -0.15) is 0 Å². The number of hydrogen-bond donors (Lipinski definition) is 1. The number of rotatable bonds is 5. The second-order valence-corrected chi connectivity index (χ2v) is 10.8. The van der Waals surface area contributed by atoms with Crippen LogP contribution in [0.3, 0.4) is 0 Å². The molecular weight excluding hydrogens is 484 g/mol. The van der Waals surface area contributed by atoms with Crippen LogP contribution in [0.1, 0.15) is 49.7 Å². The number of nitrogens with zero attached hydrogens (tertiary/aromatic N) is 4. The normalized spacial score (nSPS) is 16.7. The molecular formula is C30H33F2N5O. The maximum Gasteiger partial charge on any atom is 0.178 e. The van der Waals surface area contributed by atoms with Crippen molar-refractivity contribution in [2.24, 2.45) is 0 Å². The number of hydrogen-bond acceptors (Lipinski definition) is 5. The smallest absolute Gasteiger partial charge is 0.178 e. The van der Waals surface area contributed by atoms with Gasteiger partial charge in [-0.25, -0.2) is 18.7 Å². The van der Waals surface area contributed by atoms with Crippen molar-refractivity contribution in [2.75, 3.05) is 38.2 Å². The van der Waals surface area contributed by atoms with E-state index in [0.717, 1.165) is 29.7 Å². The molecule has 1 N–H and O–H groups in total. The molecule has 38 heavy (non-hydrogen) atoms. The van der Waals surface area contributed by atoms with Gasteiger partial charge in [0, 0.05) is 29.2 Å². The average Bonchev–Trinajstić information content (AvgIpc) is 3.31. The quantitative estimate of drug-likeness (QED) is 0.357. The molecule has 1 fully saturated rings. The third-order valence-electron chi connectivity index (χ3n) is 7.84. The van der Waals surface area contributed by atoms with Gasteiger partial charge in [-0.15, -0.1) is 0 Å². The second kappa shape index (κ2) is 9.98. The van der Waals surface area contributed by atoms with E-state index in [-0.39, 0.29) is 17.5 Å². The lowest BCUT2D eigenvalue weighted by Crippen LogP contribution is -2.38. The molecule has 4 aromatic rings. The van der Waals surface area contributed by atoms with Crippen LogP contribution in [0.5, 0.6) is 5.75 Å².